The highest BCUT2D eigenvalue weighted by atomic mass is 16.6. The maximum absolute atomic E-state index is 10.8. The van der Waals surface area contributed by atoms with E-state index in [1.165, 1.54) is 18.6 Å². The van der Waals surface area contributed by atoms with Crippen LogP contribution in [0.3, 0.4) is 0 Å². The molecule has 1 atom stereocenters. The largest absolute Gasteiger partial charge is 0.497 e. The van der Waals surface area contributed by atoms with Gasteiger partial charge in [0.05, 0.1) is 24.7 Å². The van der Waals surface area contributed by atoms with Gasteiger partial charge in [-0.05, 0) is 42.5 Å². The van der Waals surface area contributed by atoms with Gasteiger partial charge in [-0.3, -0.25) is 10.1 Å². The molecule has 1 heterocycles. The van der Waals surface area contributed by atoms with Gasteiger partial charge < -0.3 is 20.1 Å². The van der Waals surface area contributed by atoms with Gasteiger partial charge in [0.25, 0.3) is 5.69 Å². The van der Waals surface area contributed by atoms with E-state index in [2.05, 4.69) is 15.6 Å². The molecule has 1 unspecified atom stereocenters. The number of nitrogens with zero attached hydrogens (tertiary/aromatic N) is 2. The topological polar surface area (TPSA) is 98.0 Å². The summed E-state index contributed by atoms with van der Waals surface area (Å²) in [6, 6.07) is 14.3. The number of benzene rings is 2. The van der Waals surface area contributed by atoms with Crippen molar-refractivity contribution in [3.05, 3.63) is 69.8 Å². The van der Waals surface area contributed by atoms with Gasteiger partial charge in [0.15, 0.2) is 5.96 Å². The average molecular weight is 412 g/mol. The summed E-state index contributed by atoms with van der Waals surface area (Å²) in [5.74, 6) is 1.49. The van der Waals surface area contributed by atoms with Crippen LogP contribution in [0.25, 0.3) is 0 Å². The Balaban J connectivity index is 1.61. The van der Waals surface area contributed by atoms with Crippen molar-refractivity contribution in [1.29, 1.82) is 0 Å². The lowest BCUT2D eigenvalue weighted by Gasteiger charge is -2.24. The molecule has 2 aromatic carbocycles. The average Bonchev–Trinajstić information content (AvgIpc) is 2.80. The van der Waals surface area contributed by atoms with Crippen LogP contribution in [0.4, 0.5) is 5.69 Å². The van der Waals surface area contributed by atoms with Crippen molar-refractivity contribution in [3.63, 3.8) is 0 Å². The minimum atomic E-state index is -0.398. The number of aliphatic imine (C=N–C) groups is 1. The van der Waals surface area contributed by atoms with E-state index in [0.717, 1.165) is 36.3 Å². The van der Waals surface area contributed by atoms with E-state index in [4.69, 9.17) is 9.47 Å². The molecule has 0 spiro atoms. The predicted octanol–water partition coefficient (Wildman–Crippen LogP) is 3.41. The first-order chi connectivity index (χ1) is 14.6. The first-order valence-electron chi connectivity index (χ1n) is 10.1. The Hall–Kier alpha value is -3.13. The summed E-state index contributed by atoms with van der Waals surface area (Å²) in [7, 11) is 1.64. The van der Waals surface area contributed by atoms with E-state index in [1.54, 1.807) is 19.2 Å². The minimum Gasteiger partial charge on any atom is -0.497 e. The van der Waals surface area contributed by atoms with Crippen LogP contribution in [0.2, 0.25) is 0 Å². The number of guanidine groups is 1. The normalized spacial score (nSPS) is 16.7. The number of non-ortho nitro benzene ring substituents is 1. The number of methoxy groups -OCH3 is 1. The van der Waals surface area contributed by atoms with Crippen LogP contribution in [0.1, 0.15) is 30.4 Å². The maximum Gasteiger partial charge on any atom is 0.269 e. The zero-order valence-electron chi connectivity index (χ0n) is 17.2. The Labute approximate surface area is 176 Å². The highest BCUT2D eigenvalue weighted by molar-refractivity contribution is 5.79. The summed E-state index contributed by atoms with van der Waals surface area (Å²) in [5, 5.41) is 17.5. The lowest BCUT2D eigenvalue weighted by Crippen LogP contribution is -2.42. The highest BCUT2D eigenvalue weighted by Gasteiger charge is 2.14. The quantitative estimate of drug-likeness (QED) is 0.298. The van der Waals surface area contributed by atoms with Crippen molar-refractivity contribution in [3.8, 4) is 5.75 Å². The Morgan fingerprint density at radius 3 is 2.50 bits per heavy atom. The molecule has 2 N–H and O–H groups in total. The molecule has 0 aliphatic carbocycles. The Morgan fingerprint density at radius 1 is 1.13 bits per heavy atom. The number of rotatable bonds is 8. The SMILES string of the molecule is COc1ccc(CN=C(NCc2ccc([N+](=O)[O-])cc2)NCC2CCCCO2)cc1. The van der Waals surface area contributed by atoms with E-state index < -0.39 is 4.92 Å². The fraction of sp³-hybridized carbons (Fsp3) is 0.409. The monoisotopic (exact) mass is 412 g/mol. The molecular formula is C22H28N4O4. The molecule has 0 saturated carbocycles. The summed E-state index contributed by atoms with van der Waals surface area (Å²) in [6.45, 7) is 2.53. The van der Waals surface area contributed by atoms with Gasteiger partial charge in [-0.25, -0.2) is 4.99 Å². The third kappa shape index (κ3) is 6.73. The van der Waals surface area contributed by atoms with Gasteiger partial charge in [-0.15, -0.1) is 0 Å². The van der Waals surface area contributed by atoms with Crippen LogP contribution in [0.5, 0.6) is 5.75 Å². The summed E-state index contributed by atoms with van der Waals surface area (Å²) < 4.78 is 11.0. The van der Waals surface area contributed by atoms with Crippen molar-refractivity contribution in [1.82, 2.24) is 10.6 Å². The van der Waals surface area contributed by atoms with Crippen LogP contribution < -0.4 is 15.4 Å². The number of nitro groups is 1. The molecule has 2 aromatic rings. The zero-order valence-corrected chi connectivity index (χ0v) is 17.2. The van der Waals surface area contributed by atoms with Gasteiger partial charge in [0, 0.05) is 31.8 Å². The molecule has 8 heteroatoms. The summed E-state index contributed by atoms with van der Waals surface area (Å²) in [5.41, 5.74) is 2.09. The van der Waals surface area contributed by atoms with Crippen LogP contribution >= 0.6 is 0 Å². The molecule has 0 bridgehead atoms. The number of hydrogen-bond acceptors (Lipinski definition) is 5. The number of hydrogen-bond donors (Lipinski definition) is 2. The molecular weight excluding hydrogens is 384 g/mol. The Morgan fingerprint density at radius 2 is 1.87 bits per heavy atom. The van der Waals surface area contributed by atoms with Gasteiger partial charge in [0.1, 0.15) is 5.75 Å². The fourth-order valence-corrected chi connectivity index (χ4v) is 3.18. The van der Waals surface area contributed by atoms with Crippen LogP contribution in [0, 0.1) is 10.1 Å². The second kappa shape index (κ2) is 11.2. The minimum absolute atomic E-state index is 0.0831. The van der Waals surface area contributed by atoms with Crippen molar-refractivity contribution in [2.75, 3.05) is 20.3 Å². The lowest BCUT2D eigenvalue weighted by molar-refractivity contribution is -0.384. The maximum atomic E-state index is 10.8. The van der Waals surface area contributed by atoms with E-state index in [-0.39, 0.29) is 11.8 Å². The molecule has 1 aliphatic rings. The lowest BCUT2D eigenvalue weighted by atomic mass is 10.1. The van der Waals surface area contributed by atoms with Crippen molar-refractivity contribution < 1.29 is 14.4 Å². The molecule has 0 aromatic heterocycles. The van der Waals surface area contributed by atoms with E-state index >= 15 is 0 Å². The predicted molar refractivity (Wildman–Crippen MR) is 116 cm³/mol. The molecule has 0 amide bonds. The Kier molecular flexibility index (Phi) is 8.02. The van der Waals surface area contributed by atoms with Crippen LogP contribution in [-0.2, 0) is 17.8 Å². The van der Waals surface area contributed by atoms with Crippen LogP contribution in [-0.4, -0.2) is 37.2 Å². The smallest absolute Gasteiger partial charge is 0.269 e. The second-order valence-corrected chi connectivity index (χ2v) is 7.16. The summed E-state index contributed by atoms with van der Waals surface area (Å²) in [4.78, 5) is 15.1. The van der Waals surface area contributed by atoms with Gasteiger partial charge in [-0.1, -0.05) is 24.3 Å². The van der Waals surface area contributed by atoms with E-state index in [0.29, 0.717) is 25.6 Å². The number of nitro benzene ring substituents is 1. The van der Waals surface area contributed by atoms with Crippen LogP contribution in [0.15, 0.2) is 53.5 Å². The highest BCUT2D eigenvalue weighted by Crippen LogP contribution is 2.14. The van der Waals surface area contributed by atoms with Gasteiger partial charge in [0.2, 0.25) is 0 Å². The third-order valence-electron chi connectivity index (χ3n) is 4.96. The van der Waals surface area contributed by atoms with Crippen molar-refractivity contribution >= 4 is 11.6 Å². The molecule has 1 aliphatic heterocycles. The molecule has 0 radical (unpaired) electrons. The molecule has 30 heavy (non-hydrogen) atoms. The first-order valence-corrected chi connectivity index (χ1v) is 10.1. The fourth-order valence-electron chi connectivity index (χ4n) is 3.18. The number of ether oxygens (including phenoxy) is 2. The van der Waals surface area contributed by atoms with Gasteiger partial charge >= 0.3 is 0 Å². The number of nitrogens with one attached hydrogen (secondary N) is 2. The van der Waals surface area contributed by atoms with Crippen molar-refractivity contribution in [2.45, 2.75) is 38.5 Å². The first kappa shape index (κ1) is 21.6. The van der Waals surface area contributed by atoms with Crippen molar-refractivity contribution in [2.24, 2.45) is 4.99 Å². The summed E-state index contributed by atoms with van der Waals surface area (Å²) in [6.07, 6.45) is 3.53. The van der Waals surface area contributed by atoms with E-state index in [9.17, 15) is 10.1 Å². The van der Waals surface area contributed by atoms with Gasteiger partial charge in [-0.2, -0.15) is 0 Å². The molecule has 8 nitrogen and oxygen atoms in total. The Bertz CT molecular complexity index is 831. The molecule has 1 saturated heterocycles. The standard InChI is InChI=1S/C22H28N4O4/c1-29-20-11-7-18(8-12-20)15-24-22(25-16-21-4-2-3-13-30-21)23-14-17-5-9-19(10-6-17)26(27)28/h5-12,21H,2-4,13-16H2,1H3,(H2,23,24,25). The van der Waals surface area contributed by atoms with E-state index in [1.807, 2.05) is 24.3 Å². The molecule has 160 valence electrons. The third-order valence-corrected chi connectivity index (χ3v) is 4.96. The second-order valence-electron chi connectivity index (χ2n) is 7.16. The molecule has 3 rings (SSSR count). The zero-order chi connectivity index (χ0) is 21.2. The molecule has 1 fully saturated rings. The summed E-state index contributed by atoms with van der Waals surface area (Å²) >= 11 is 0.